The maximum absolute atomic E-state index is 13.0. The minimum absolute atomic E-state index is 0.272. The molecule has 180 valence electrons. The first-order chi connectivity index (χ1) is 16.3. The molecule has 0 saturated carbocycles. The Morgan fingerprint density at radius 2 is 1.71 bits per heavy atom. The number of carbonyl (C=O) groups excluding carboxylic acids is 1. The van der Waals surface area contributed by atoms with Gasteiger partial charge in [-0.05, 0) is 56.2 Å². The molecule has 1 N–H and O–H groups in total. The monoisotopic (exact) mass is 503 g/mol. The average Bonchev–Trinajstić information content (AvgIpc) is 3.11. The lowest BCUT2D eigenvalue weighted by Crippen LogP contribution is -2.31. The molecule has 2 heterocycles. The van der Waals surface area contributed by atoms with E-state index in [1.165, 1.54) is 35.6 Å². The first-order valence-corrected chi connectivity index (χ1v) is 13.4. The molecular weight excluding hydrogens is 477 g/mol. The Bertz CT molecular complexity index is 1220. The average molecular weight is 504 g/mol. The van der Waals surface area contributed by atoms with Gasteiger partial charge in [-0.2, -0.15) is 4.31 Å². The minimum atomic E-state index is -3.51. The number of rotatable bonds is 7. The molecule has 1 saturated heterocycles. The molecule has 7 nitrogen and oxygen atoms in total. The van der Waals surface area contributed by atoms with Crippen LogP contribution in [-0.4, -0.2) is 42.8 Å². The molecule has 1 aliphatic heterocycles. The molecule has 0 bridgehead atoms. The van der Waals surface area contributed by atoms with E-state index in [2.05, 4.69) is 10.3 Å². The molecule has 0 aliphatic carbocycles. The van der Waals surface area contributed by atoms with Crippen molar-refractivity contribution >= 4 is 32.4 Å². The molecule has 34 heavy (non-hydrogen) atoms. The summed E-state index contributed by atoms with van der Waals surface area (Å²) >= 11 is 1.26. The lowest BCUT2D eigenvalue weighted by Gasteiger charge is -2.19. The van der Waals surface area contributed by atoms with E-state index in [0.29, 0.717) is 29.7 Å². The Morgan fingerprint density at radius 3 is 2.35 bits per heavy atom. The highest BCUT2D eigenvalue weighted by molar-refractivity contribution is 7.89. The van der Waals surface area contributed by atoms with Gasteiger partial charge < -0.3 is 4.74 Å². The van der Waals surface area contributed by atoms with Gasteiger partial charge in [0.15, 0.2) is 11.2 Å². The molecule has 3 aromatic rings. The first kappa shape index (κ1) is 24.3. The van der Waals surface area contributed by atoms with E-state index in [0.717, 1.165) is 31.2 Å². The Kier molecular flexibility index (Phi) is 7.60. The number of nitrogens with zero attached hydrogens (tertiary/aromatic N) is 2. The van der Waals surface area contributed by atoms with Crippen molar-refractivity contribution in [3.63, 3.8) is 0 Å². The minimum Gasteiger partial charge on any atom is -0.481 e. The van der Waals surface area contributed by atoms with Crippen LogP contribution in [-0.2, 0) is 14.8 Å². The van der Waals surface area contributed by atoms with E-state index < -0.39 is 16.1 Å². The van der Waals surface area contributed by atoms with Gasteiger partial charge in [-0.15, -0.1) is 11.3 Å². The number of halogens is 1. The number of aromatic nitrogens is 1. The highest BCUT2D eigenvalue weighted by Gasteiger charge is 2.25. The number of anilines is 1. The van der Waals surface area contributed by atoms with E-state index in [9.17, 15) is 17.6 Å². The molecule has 0 radical (unpaired) electrons. The fraction of sp³-hybridized carbons (Fsp3) is 0.333. The number of hydrogen-bond acceptors (Lipinski definition) is 6. The van der Waals surface area contributed by atoms with E-state index in [1.54, 1.807) is 40.9 Å². The topological polar surface area (TPSA) is 88.6 Å². The molecule has 1 amide bonds. The highest BCUT2D eigenvalue weighted by Crippen LogP contribution is 2.27. The second-order valence-corrected chi connectivity index (χ2v) is 10.9. The molecule has 10 heteroatoms. The van der Waals surface area contributed by atoms with Gasteiger partial charge in [0.1, 0.15) is 11.6 Å². The molecule has 0 spiro atoms. The zero-order chi connectivity index (χ0) is 24.1. The molecule has 0 unspecified atom stereocenters. The van der Waals surface area contributed by atoms with E-state index in [-0.39, 0.29) is 16.6 Å². The van der Waals surface area contributed by atoms with Crippen molar-refractivity contribution in [1.29, 1.82) is 0 Å². The Morgan fingerprint density at radius 1 is 1.06 bits per heavy atom. The summed E-state index contributed by atoms with van der Waals surface area (Å²) in [6.07, 6.45) is 3.09. The van der Waals surface area contributed by atoms with Crippen LogP contribution >= 0.6 is 11.3 Å². The van der Waals surface area contributed by atoms with Gasteiger partial charge in [-0.1, -0.05) is 25.0 Å². The summed E-state index contributed by atoms with van der Waals surface area (Å²) in [5.74, 6) is -0.379. The summed E-state index contributed by atoms with van der Waals surface area (Å²) in [6, 6.07) is 12.1. The van der Waals surface area contributed by atoms with Crippen LogP contribution in [0.2, 0.25) is 0 Å². The van der Waals surface area contributed by atoms with Gasteiger partial charge in [-0.25, -0.2) is 17.8 Å². The van der Waals surface area contributed by atoms with Gasteiger partial charge in [-0.3, -0.25) is 10.1 Å². The largest absolute Gasteiger partial charge is 0.481 e. The molecular formula is C24H26FN3O4S2. The summed E-state index contributed by atoms with van der Waals surface area (Å²) in [5.41, 5.74) is 1.38. The fourth-order valence-corrected chi connectivity index (χ4v) is 5.91. The third-order valence-electron chi connectivity index (χ3n) is 5.58. The van der Waals surface area contributed by atoms with Crippen LogP contribution < -0.4 is 10.1 Å². The number of hydrogen-bond donors (Lipinski definition) is 1. The summed E-state index contributed by atoms with van der Waals surface area (Å²) in [6.45, 7) is 2.71. The third-order valence-corrected chi connectivity index (χ3v) is 8.25. The van der Waals surface area contributed by atoms with Crippen molar-refractivity contribution < 1.29 is 22.3 Å². The third kappa shape index (κ3) is 5.81. The van der Waals surface area contributed by atoms with Crippen molar-refractivity contribution in [2.45, 2.75) is 43.6 Å². The number of sulfonamides is 1. The Hall–Kier alpha value is -2.82. The number of benzene rings is 2. The molecule has 1 fully saturated rings. The quantitative estimate of drug-likeness (QED) is 0.494. The van der Waals surface area contributed by atoms with Crippen molar-refractivity contribution in [2.75, 3.05) is 18.4 Å². The van der Waals surface area contributed by atoms with Gasteiger partial charge >= 0.3 is 0 Å². The summed E-state index contributed by atoms with van der Waals surface area (Å²) in [5, 5.41) is 4.90. The van der Waals surface area contributed by atoms with Crippen LogP contribution in [0.25, 0.3) is 11.3 Å². The van der Waals surface area contributed by atoms with Crippen LogP contribution in [0, 0.1) is 5.82 Å². The van der Waals surface area contributed by atoms with Crippen molar-refractivity contribution in [2.24, 2.45) is 0 Å². The maximum atomic E-state index is 13.0. The van der Waals surface area contributed by atoms with E-state index >= 15 is 0 Å². The summed E-state index contributed by atoms with van der Waals surface area (Å²) in [4.78, 5) is 17.2. The Labute approximate surface area is 202 Å². The first-order valence-electron chi connectivity index (χ1n) is 11.1. The van der Waals surface area contributed by atoms with Crippen LogP contribution in [0.3, 0.4) is 0 Å². The summed E-state index contributed by atoms with van der Waals surface area (Å²) < 4.78 is 46.0. The predicted octanol–water partition coefficient (Wildman–Crippen LogP) is 4.92. The molecule has 1 aromatic heterocycles. The zero-order valence-electron chi connectivity index (χ0n) is 18.7. The normalized spacial score (nSPS) is 15.9. The van der Waals surface area contributed by atoms with E-state index in [4.69, 9.17) is 4.74 Å². The standard InChI is InChI=1S/C24H26FN3O4S2/c1-17(32-20-10-8-19(25)9-11-20)23(29)27-24-26-22(16-33-24)18-6-12-21(13-7-18)34(30,31)28-14-4-2-3-5-15-28/h6-13,16-17H,2-5,14-15H2,1H3,(H,26,27,29)/t17-/m0/s1. The number of carbonyl (C=O) groups is 1. The van der Waals surface area contributed by atoms with Crippen LogP contribution in [0.4, 0.5) is 9.52 Å². The molecule has 1 aliphatic rings. The molecule has 4 rings (SSSR count). The van der Waals surface area contributed by atoms with Crippen LogP contribution in [0.15, 0.2) is 58.8 Å². The fourth-order valence-electron chi connectivity index (χ4n) is 3.67. The highest BCUT2D eigenvalue weighted by atomic mass is 32.2. The number of amides is 1. The smallest absolute Gasteiger partial charge is 0.266 e. The van der Waals surface area contributed by atoms with Gasteiger partial charge in [0.2, 0.25) is 10.0 Å². The molecule has 2 aromatic carbocycles. The maximum Gasteiger partial charge on any atom is 0.266 e. The van der Waals surface area contributed by atoms with Gasteiger partial charge in [0, 0.05) is 24.0 Å². The van der Waals surface area contributed by atoms with Crippen molar-refractivity contribution in [1.82, 2.24) is 9.29 Å². The van der Waals surface area contributed by atoms with Crippen molar-refractivity contribution in [3.8, 4) is 17.0 Å². The predicted molar refractivity (Wildman–Crippen MR) is 130 cm³/mol. The second kappa shape index (κ2) is 10.6. The van der Waals surface area contributed by atoms with Gasteiger partial charge in [0.25, 0.3) is 5.91 Å². The molecule has 1 atom stereocenters. The van der Waals surface area contributed by atoms with Crippen LogP contribution in [0.5, 0.6) is 5.75 Å². The Balaban J connectivity index is 1.39. The lowest BCUT2D eigenvalue weighted by atomic mass is 10.2. The van der Waals surface area contributed by atoms with Gasteiger partial charge in [0.05, 0.1) is 10.6 Å². The number of thiazole rings is 1. The number of ether oxygens (including phenoxy) is 1. The number of nitrogens with one attached hydrogen (secondary N) is 1. The summed E-state index contributed by atoms with van der Waals surface area (Å²) in [7, 11) is -3.51. The van der Waals surface area contributed by atoms with Crippen molar-refractivity contribution in [3.05, 3.63) is 59.7 Å². The second-order valence-electron chi connectivity index (χ2n) is 8.08. The zero-order valence-corrected chi connectivity index (χ0v) is 20.4. The van der Waals surface area contributed by atoms with E-state index in [1.807, 2.05) is 0 Å². The lowest BCUT2D eigenvalue weighted by molar-refractivity contribution is -0.122. The SMILES string of the molecule is C[C@H](Oc1ccc(F)cc1)C(=O)Nc1nc(-c2ccc(S(=O)(=O)N3CCCCCC3)cc2)cs1. The van der Waals surface area contributed by atoms with Crippen LogP contribution in [0.1, 0.15) is 32.6 Å².